The van der Waals surface area contributed by atoms with Crippen LogP contribution in [0.4, 0.5) is 13.2 Å². The zero-order chi connectivity index (χ0) is 13.7. The van der Waals surface area contributed by atoms with Crippen LogP contribution in [0, 0.1) is 11.8 Å². The minimum absolute atomic E-state index is 0.630. The summed E-state index contributed by atoms with van der Waals surface area (Å²) in [5.41, 5.74) is -0.000843. The molecular weight excluding hydrogens is 251 g/mol. The normalized spacial score (nSPS) is 16.8. The largest absolute Gasteiger partial charge is 0.416 e. The molecule has 0 N–H and O–H groups in total. The lowest BCUT2D eigenvalue weighted by atomic mass is 10.1. The number of nitrogens with zero attached hydrogens (tertiary/aromatic N) is 1. The molecule has 0 aromatic heterocycles. The third kappa shape index (κ3) is 4.29. The molecule has 2 rings (SSSR count). The van der Waals surface area contributed by atoms with Gasteiger partial charge in [0.2, 0.25) is 0 Å². The fourth-order valence-corrected chi connectivity index (χ4v) is 2.11. The van der Waals surface area contributed by atoms with Crippen LogP contribution in [0.1, 0.15) is 30.4 Å². The minimum atomic E-state index is -4.28. The van der Waals surface area contributed by atoms with Crippen LogP contribution < -0.4 is 0 Å². The number of rotatable bonds is 1. The number of hydrogen-bond donors (Lipinski definition) is 0. The average molecular weight is 267 g/mol. The number of hydrogen-bond acceptors (Lipinski definition) is 1. The maximum atomic E-state index is 12.4. The first-order chi connectivity index (χ1) is 9.05. The van der Waals surface area contributed by atoms with Crippen molar-refractivity contribution in [3.05, 3.63) is 35.4 Å². The van der Waals surface area contributed by atoms with Crippen molar-refractivity contribution in [2.45, 2.75) is 25.4 Å². The monoisotopic (exact) mass is 267 g/mol. The van der Waals surface area contributed by atoms with Gasteiger partial charge in [-0.25, -0.2) is 0 Å². The van der Waals surface area contributed by atoms with Gasteiger partial charge < -0.3 is 0 Å². The molecule has 1 nitrogen and oxygen atoms in total. The van der Waals surface area contributed by atoms with Crippen molar-refractivity contribution >= 4 is 0 Å². The van der Waals surface area contributed by atoms with E-state index in [1.165, 1.54) is 31.4 Å². The maximum Gasteiger partial charge on any atom is 0.416 e. The molecule has 0 radical (unpaired) electrons. The van der Waals surface area contributed by atoms with E-state index in [-0.39, 0.29) is 0 Å². The van der Waals surface area contributed by atoms with Crippen LogP contribution in [0.3, 0.4) is 0 Å². The van der Waals surface area contributed by atoms with E-state index in [0.717, 1.165) is 25.2 Å². The van der Waals surface area contributed by atoms with Gasteiger partial charge in [0.1, 0.15) is 0 Å². The molecule has 1 aliphatic rings. The Kier molecular flexibility index (Phi) is 4.49. The molecule has 0 unspecified atom stereocenters. The molecule has 0 atom stereocenters. The highest BCUT2D eigenvalue weighted by atomic mass is 19.4. The molecule has 1 aromatic carbocycles. The van der Waals surface area contributed by atoms with Crippen molar-refractivity contribution < 1.29 is 13.2 Å². The Morgan fingerprint density at radius 1 is 1.00 bits per heavy atom. The first-order valence-electron chi connectivity index (χ1n) is 6.44. The summed E-state index contributed by atoms with van der Waals surface area (Å²) in [5, 5.41) is 0. The van der Waals surface area contributed by atoms with Crippen LogP contribution in [-0.2, 0) is 6.18 Å². The summed E-state index contributed by atoms with van der Waals surface area (Å²) in [4.78, 5) is 2.28. The van der Waals surface area contributed by atoms with Crippen LogP contribution in [0.2, 0.25) is 0 Å². The molecule has 1 fully saturated rings. The van der Waals surface area contributed by atoms with Gasteiger partial charge in [0.25, 0.3) is 0 Å². The van der Waals surface area contributed by atoms with Gasteiger partial charge in [-0.05, 0) is 50.2 Å². The molecule has 0 saturated carbocycles. The Labute approximate surface area is 111 Å². The second kappa shape index (κ2) is 6.12. The van der Waals surface area contributed by atoms with Gasteiger partial charge in [0, 0.05) is 5.56 Å². The number of likely N-dealkylation sites (tertiary alicyclic amines) is 1. The molecule has 19 heavy (non-hydrogen) atoms. The predicted octanol–water partition coefficient (Wildman–Crippen LogP) is 3.54. The smallest absolute Gasteiger partial charge is 0.292 e. The Morgan fingerprint density at radius 2 is 1.63 bits per heavy atom. The van der Waals surface area contributed by atoms with E-state index in [4.69, 9.17) is 0 Å². The zero-order valence-corrected chi connectivity index (χ0v) is 10.6. The van der Waals surface area contributed by atoms with Gasteiger partial charge in [-0.1, -0.05) is 18.3 Å². The summed E-state index contributed by atoms with van der Waals surface area (Å²) in [6.45, 7) is 2.84. The van der Waals surface area contributed by atoms with Gasteiger partial charge in [0.15, 0.2) is 0 Å². The Balaban J connectivity index is 1.92. The number of benzene rings is 1. The van der Waals surface area contributed by atoms with Crippen molar-refractivity contribution in [3.63, 3.8) is 0 Å². The molecular formula is C15H16F3N. The highest BCUT2D eigenvalue weighted by Gasteiger charge is 2.29. The molecule has 4 heteroatoms. The van der Waals surface area contributed by atoms with Crippen molar-refractivity contribution in [1.82, 2.24) is 4.90 Å². The van der Waals surface area contributed by atoms with E-state index in [9.17, 15) is 13.2 Å². The molecule has 1 aliphatic heterocycles. The fraction of sp³-hybridized carbons (Fsp3) is 0.467. The average Bonchev–Trinajstić information content (AvgIpc) is 2.39. The predicted molar refractivity (Wildman–Crippen MR) is 68.6 cm³/mol. The summed E-state index contributed by atoms with van der Waals surface area (Å²) >= 11 is 0. The second-order valence-corrected chi connectivity index (χ2v) is 4.71. The van der Waals surface area contributed by atoms with E-state index >= 15 is 0 Å². The molecule has 0 bridgehead atoms. The number of halogens is 3. The van der Waals surface area contributed by atoms with Crippen LogP contribution in [-0.4, -0.2) is 24.5 Å². The number of alkyl halides is 3. The molecule has 1 saturated heterocycles. The molecule has 0 aliphatic carbocycles. The third-order valence-electron chi connectivity index (χ3n) is 3.20. The first-order valence-corrected chi connectivity index (χ1v) is 6.44. The SMILES string of the molecule is FC(F)(F)c1ccc(C#CCN2CCCCC2)cc1. The standard InChI is InChI=1S/C15H16F3N/c16-15(17,18)14-8-6-13(7-9-14)5-4-12-19-10-2-1-3-11-19/h6-9H,1-3,10-12H2. The summed E-state index contributed by atoms with van der Waals surface area (Å²) in [6.07, 6.45) is -0.577. The van der Waals surface area contributed by atoms with E-state index in [2.05, 4.69) is 16.7 Å². The van der Waals surface area contributed by atoms with E-state index in [1.807, 2.05) is 0 Å². The lowest BCUT2D eigenvalue weighted by Crippen LogP contribution is -2.29. The van der Waals surface area contributed by atoms with Crippen LogP contribution in [0.5, 0.6) is 0 Å². The van der Waals surface area contributed by atoms with Gasteiger partial charge in [-0.2, -0.15) is 13.2 Å². The van der Waals surface area contributed by atoms with E-state index < -0.39 is 11.7 Å². The highest BCUT2D eigenvalue weighted by Crippen LogP contribution is 2.28. The number of piperidine rings is 1. The van der Waals surface area contributed by atoms with Gasteiger partial charge >= 0.3 is 6.18 Å². The molecule has 0 spiro atoms. The summed E-state index contributed by atoms with van der Waals surface area (Å²) in [5.74, 6) is 5.94. The zero-order valence-electron chi connectivity index (χ0n) is 10.6. The van der Waals surface area contributed by atoms with Gasteiger partial charge in [-0.15, -0.1) is 0 Å². The maximum absolute atomic E-state index is 12.4. The Bertz CT molecular complexity index is 459. The van der Waals surface area contributed by atoms with E-state index in [0.29, 0.717) is 12.1 Å². The lowest BCUT2D eigenvalue weighted by Gasteiger charge is -2.23. The minimum Gasteiger partial charge on any atom is -0.292 e. The van der Waals surface area contributed by atoms with Crippen molar-refractivity contribution in [2.75, 3.05) is 19.6 Å². The molecule has 1 heterocycles. The van der Waals surface area contributed by atoms with Crippen LogP contribution in [0.25, 0.3) is 0 Å². The molecule has 0 amide bonds. The van der Waals surface area contributed by atoms with E-state index in [1.54, 1.807) is 0 Å². The van der Waals surface area contributed by atoms with Crippen molar-refractivity contribution in [2.24, 2.45) is 0 Å². The highest BCUT2D eigenvalue weighted by molar-refractivity contribution is 5.37. The van der Waals surface area contributed by atoms with Crippen molar-refractivity contribution in [1.29, 1.82) is 0 Å². The fourth-order valence-electron chi connectivity index (χ4n) is 2.11. The van der Waals surface area contributed by atoms with Crippen LogP contribution in [0.15, 0.2) is 24.3 Å². The lowest BCUT2D eigenvalue weighted by molar-refractivity contribution is -0.137. The molecule has 1 aromatic rings. The first kappa shape index (κ1) is 14.0. The van der Waals surface area contributed by atoms with Crippen molar-refractivity contribution in [3.8, 4) is 11.8 Å². The summed E-state index contributed by atoms with van der Waals surface area (Å²) in [7, 11) is 0. The quantitative estimate of drug-likeness (QED) is 0.703. The molecule has 102 valence electrons. The summed E-state index contributed by atoms with van der Waals surface area (Å²) < 4.78 is 37.1. The van der Waals surface area contributed by atoms with Gasteiger partial charge in [0.05, 0.1) is 12.1 Å². The Hall–Kier alpha value is -1.47. The Morgan fingerprint density at radius 3 is 2.21 bits per heavy atom. The summed E-state index contributed by atoms with van der Waals surface area (Å²) in [6, 6.07) is 4.99. The van der Waals surface area contributed by atoms with Crippen LogP contribution >= 0.6 is 0 Å². The third-order valence-corrected chi connectivity index (χ3v) is 3.20. The topological polar surface area (TPSA) is 3.24 Å². The second-order valence-electron chi connectivity index (χ2n) is 4.71. The van der Waals surface area contributed by atoms with Gasteiger partial charge in [-0.3, -0.25) is 4.90 Å².